The number of hydrogen-bond acceptors (Lipinski definition) is 1. The Morgan fingerprint density at radius 3 is 2.20 bits per heavy atom. The third-order valence-electron chi connectivity index (χ3n) is 2.94. The first-order chi connectivity index (χ1) is 9.90. The van der Waals surface area contributed by atoms with E-state index in [4.69, 9.17) is 16.3 Å². The highest BCUT2D eigenvalue weighted by molar-refractivity contribution is 6.17. The highest BCUT2D eigenvalue weighted by atomic mass is 35.5. The SMILES string of the molecule is ClCCCCO/C(=C/c1ccccc1)c1ccccc1. The smallest absolute Gasteiger partial charge is 0.127 e. The molecule has 0 spiro atoms. The molecule has 2 heteroatoms. The first kappa shape index (κ1) is 14.7. The van der Waals surface area contributed by atoms with Crippen LogP contribution in [0.4, 0.5) is 0 Å². The minimum Gasteiger partial charge on any atom is -0.493 e. The van der Waals surface area contributed by atoms with Crippen LogP contribution in [0, 0.1) is 0 Å². The van der Waals surface area contributed by atoms with Crippen molar-refractivity contribution in [1.82, 2.24) is 0 Å². The summed E-state index contributed by atoms with van der Waals surface area (Å²) in [5, 5.41) is 0. The zero-order chi connectivity index (χ0) is 14.0. The minimum atomic E-state index is 0.687. The molecule has 0 N–H and O–H groups in total. The van der Waals surface area contributed by atoms with Crippen LogP contribution in [-0.4, -0.2) is 12.5 Å². The second kappa shape index (κ2) is 8.44. The van der Waals surface area contributed by atoms with Crippen LogP contribution in [0.2, 0.25) is 0 Å². The van der Waals surface area contributed by atoms with Crippen molar-refractivity contribution < 1.29 is 4.74 Å². The summed E-state index contributed by atoms with van der Waals surface area (Å²) in [4.78, 5) is 0. The fourth-order valence-electron chi connectivity index (χ4n) is 1.89. The van der Waals surface area contributed by atoms with Gasteiger partial charge in [-0.3, -0.25) is 0 Å². The molecule has 0 unspecified atom stereocenters. The van der Waals surface area contributed by atoms with Crippen LogP contribution in [0.3, 0.4) is 0 Å². The molecule has 20 heavy (non-hydrogen) atoms. The van der Waals surface area contributed by atoms with E-state index in [0.717, 1.165) is 29.7 Å². The van der Waals surface area contributed by atoms with E-state index in [1.165, 1.54) is 0 Å². The molecule has 0 saturated heterocycles. The van der Waals surface area contributed by atoms with Crippen molar-refractivity contribution in [3.63, 3.8) is 0 Å². The van der Waals surface area contributed by atoms with Gasteiger partial charge in [0.2, 0.25) is 0 Å². The predicted octanol–water partition coefficient (Wildman–Crippen LogP) is 5.22. The topological polar surface area (TPSA) is 9.23 Å². The molecule has 0 aliphatic rings. The minimum absolute atomic E-state index is 0.687. The molecular weight excluding hydrogens is 268 g/mol. The standard InChI is InChI=1S/C18H19ClO/c19-13-7-8-14-20-18(17-11-5-2-6-12-17)15-16-9-3-1-4-10-16/h1-6,9-12,15H,7-8,13-14H2/b18-15+. The molecule has 0 atom stereocenters. The summed E-state index contributed by atoms with van der Waals surface area (Å²) >= 11 is 5.69. The summed E-state index contributed by atoms with van der Waals surface area (Å²) in [6, 6.07) is 20.4. The van der Waals surface area contributed by atoms with Crippen LogP contribution in [-0.2, 0) is 4.74 Å². The fourth-order valence-corrected chi connectivity index (χ4v) is 2.08. The van der Waals surface area contributed by atoms with Crippen molar-refractivity contribution >= 4 is 23.4 Å². The molecule has 0 amide bonds. The Labute approximate surface area is 125 Å². The van der Waals surface area contributed by atoms with Crippen LogP contribution in [0.25, 0.3) is 11.8 Å². The zero-order valence-electron chi connectivity index (χ0n) is 11.5. The Morgan fingerprint density at radius 2 is 1.55 bits per heavy atom. The molecule has 0 radical (unpaired) electrons. The van der Waals surface area contributed by atoms with Crippen molar-refractivity contribution in [3.05, 3.63) is 71.8 Å². The number of ether oxygens (including phenoxy) is 1. The third kappa shape index (κ3) is 4.75. The van der Waals surface area contributed by atoms with Gasteiger partial charge in [0.1, 0.15) is 5.76 Å². The number of unbranched alkanes of at least 4 members (excludes halogenated alkanes) is 1. The number of benzene rings is 2. The lowest BCUT2D eigenvalue weighted by atomic mass is 10.1. The van der Waals surface area contributed by atoms with Gasteiger partial charge in [-0.15, -0.1) is 11.6 Å². The molecule has 1 nitrogen and oxygen atoms in total. The van der Waals surface area contributed by atoms with E-state index in [0.29, 0.717) is 12.5 Å². The van der Waals surface area contributed by atoms with Gasteiger partial charge in [0.05, 0.1) is 6.61 Å². The largest absolute Gasteiger partial charge is 0.493 e. The van der Waals surface area contributed by atoms with Gasteiger partial charge in [-0.25, -0.2) is 0 Å². The van der Waals surface area contributed by atoms with E-state index in [2.05, 4.69) is 30.3 Å². The molecular formula is C18H19ClO. The molecule has 0 aromatic heterocycles. The second-order valence-electron chi connectivity index (χ2n) is 4.53. The molecule has 0 bridgehead atoms. The van der Waals surface area contributed by atoms with Crippen molar-refractivity contribution in [2.24, 2.45) is 0 Å². The average molecular weight is 287 g/mol. The Balaban J connectivity index is 2.14. The molecule has 0 saturated carbocycles. The number of rotatable bonds is 7. The molecule has 2 rings (SSSR count). The van der Waals surface area contributed by atoms with Crippen LogP contribution < -0.4 is 0 Å². The lowest BCUT2D eigenvalue weighted by Crippen LogP contribution is -1.95. The summed E-state index contributed by atoms with van der Waals surface area (Å²) in [6.07, 6.45) is 4.04. The van der Waals surface area contributed by atoms with Gasteiger partial charge in [-0.2, -0.15) is 0 Å². The van der Waals surface area contributed by atoms with E-state index >= 15 is 0 Å². The Kier molecular flexibility index (Phi) is 6.19. The van der Waals surface area contributed by atoms with Crippen molar-refractivity contribution in [2.75, 3.05) is 12.5 Å². The predicted molar refractivity (Wildman–Crippen MR) is 86.7 cm³/mol. The van der Waals surface area contributed by atoms with E-state index < -0.39 is 0 Å². The Bertz CT molecular complexity index is 520. The van der Waals surface area contributed by atoms with E-state index in [1.807, 2.05) is 36.4 Å². The van der Waals surface area contributed by atoms with E-state index in [-0.39, 0.29) is 0 Å². The van der Waals surface area contributed by atoms with Crippen LogP contribution in [0.1, 0.15) is 24.0 Å². The van der Waals surface area contributed by atoms with Gasteiger partial charge in [-0.05, 0) is 24.5 Å². The fraction of sp³-hybridized carbons (Fsp3) is 0.222. The van der Waals surface area contributed by atoms with Gasteiger partial charge in [0.15, 0.2) is 0 Å². The first-order valence-corrected chi connectivity index (χ1v) is 7.44. The first-order valence-electron chi connectivity index (χ1n) is 6.91. The van der Waals surface area contributed by atoms with Gasteiger partial charge in [-0.1, -0.05) is 60.7 Å². The highest BCUT2D eigenvalue weighted by Crippen LogP contribution is 2.19. The second-order valence-corrected chi connectivity index (χ2v) is 4.91. The molecule has 0 fully saturated rings. The van der Waals surface area contributed by atoms with Gasteiger partial charge < -0.3 is 4.74 Å². The third-order valence-corrected chi connectivity index (χ3v) is 3.21. The summed E-state index contributed by atoms with van der Waals surface area (Å²) in [7, 11) is 0. The summed E-state index contributed by atoms with van der Waals surface area (Å²) in [5.74, 6) is 1.60. The maximum absolute atomic E-state index is 5.94. The van der Waals surface area contributed by atoms with Crippen molar-refractivity contribution in [1.29, 1.82) is 0 Å². The molecule has 0 aliphatic heterocycles. The van der Waals surface area contributed by atoms with Crippen LogP contribution in [0.5, 0.6) is 0 Å². The monoisotopic (exact) mass is 286 g/mol. The maximum atomic E-state index is 5.94. The molecule has 0 heterocycles. The molecule has 0 aliphatic carbocycles. The number of hydrogen-bond donors (Lipinski definition) is 0. The summed E-state index contributed by atoms with van der Waals surface area (Å²) in [5.41, 5.74) is 2.24. The van der Waals surface area contributed by atoms with Crippen molar-refractivity contribution in [2.45, 2.75) is 12.8 Å². The summed E-state index contributed by atoms with van der Waals surface area (Å²) in [6.45, 7) is 0.695. The molecule has 2 aromatic carbocycles. The van der Waals surface area contributed by atoms with Crippen LogP contribution in [0.15, 0.2) is 60.7 Å². The lowest BCUT2D eigenvalue weighted by Gasteiger charge is -2.11. The maximum Gasteiger partial charge on any atom is 0.127 e. The van der Waals surface area contributed by atoms with Crippen molar-refractivity contribution in [3.8, 4) is 0 Å². The zero-order valence-corrected chi connectivity index (χ0v) is 12.2. The molecule has 2 aromatic rings. The van der Waals surface area contributed by atoms with Gasteiger partial charge in [0.25, 0.3) is 0 Å². The molecule has 104 valence electrons. The van der Waals surface area contributed by atoms with Crippen LogP contribution >= 0.6 is 11.6 Å². The number of halogens is 1. The van der Waals surface area contributed by atoms with Gasteiger partial charge >= 0.3 is 0 Å². The number of alkyl halides is 1. The van der Waals surface area contributed by atoms with E-state index in [1.54, 1.807) is 0 Å². The van der Waals surface area contributed by atoms with E-state index in [9.17, 15) is 0 Å². The Morgan fingerprint density at radius 1 is 0.900 bits per heavy atom. The quantitative estimate of drug-likeness (QED) is 0.293. The average Bonchev–Trinajstić information content (AvgIpc) is 2.52. The van der Waals surface area contributed by atoms with Gasteiger partial charge in [0, 0.05) is 11.4 Å². The summed E-state index contributed by atoms with van der Waals surface area (Å²) < 4.78 is 5.94. The lowest BCUT2D eigenvalue weighted by molar-refractivity contribution is 0.272. The Hall–Kier alpha value is -1.73. The normalized spacial score (nSPS) is 11.3. The highest BCUT2D eigenvalue weighted by Gasteiger charge is 2.02.